The molecule has 0 aromatic carbocycles. The molecule has 10 heteroatoms. The first kappa shape index (κ1) is 17.2. The van der Waals surface area contributed by atoms with Crippen LogP contribution in [0.15, 0.2) is 17.9 Å². The minimum Gasteiger partial charge on any atom is -0.473 e. The molecule has 132 valence electrons. The molecule has 0 bridgehead atoms. The van der Waals surface area contributed by atoms with Crippen molar-refractivity contribution in [3.8, 4) is 5.88 Å². The summed E-state index contributed by atoms with van der Waals surface area (Å²) in [5.74, 6) is -0.319. The topological polar surface area (TPSA) is 118 Å². The first-order valence-corrected chi connectivity index (χ1v) is 8.71. The number of rotatable bonds is 5. The highest BCUT2D eigenvalue weighted by Crippen LogP contribution is 2.24. The Morgan fingerprint density at radius 2 is 2.12 bits per heavy atom. The predicted octanol–water partition coefficient (Wildman–Crippen LogP) is 1.27. The molecule has 2 aromatic rings. The van der Waals surface area contributed by atoms with Crippen molar-refractivity contribution in [1.82, 2.24) is 20.3 Å². The van der Waals surface area contributed by atoms with Crippen LogP contribution in [0.1, 0.15) is 30.3 Å². The standard InChI is InChI=1S/C15H18N6O3S/c1-9(22)19-15-21-12(7-25-15)13(23)20-11-6-17-8-18-14(11)24-10-2-4-16-5-3-10/h6-8,10,16H,2-5H2,1H3,(H,20,23)(H,19,21,22). The minimum absolute atomic E-state index is 0.0532. The molecule has 0 spiro atoms. The van der Waals surface area contributed by atoms with E-state index < -0.39 is 5.91 Å². The maximum Gasteiger partial charge on any atom is 0.275 e. The van der Waals surface area contributed by atoms with E-state index in [0.717, 1.165) is 25.9 Å². The number of nitrogens with zero attached hydrogens (tertiary/aromatic N) is 3. The van der Waals surface area contributed by atoms with Gasteiger partial charge in [-0.05, 0) is 25.9 Å². The number of amides is 2. The lowest BCUT2D eigenvalue weighted by molar-refractivity contribution is -0.114. The highest BCUT2D eigenvalue weighted by Gasteiger charge is 2.19. The van der Waals surface area contributed by atoms with E-state index >= 15 is 0 Å². The Labute approximate surface area is 148 Å². The summed E-state index contributed by atoms with van der Waals surface area (Å²) in [6.45, 7) is 3.16. The molecule has 3 N–H and O–H groups in total. The normalized spacial score (nSPS) is 14.8. The Bertz CT molecular complexity index is 759. The van der Waals surface area contributed by atoms with Gasteiger partial charge < -0.3 is 20.7 Å². The van der Waals surface area contributed by atoms with Crippen LogP contribution in [0.2, 0.25) is 0 Å². The second-order valence-electron chi connectivity index (χ2n) is 5.48. The van der Waals surface area contributed by atoms with Crippen LogP contribution in [-0.4, -0.2) is 46.0 Å². The Morgan fingerprint density at radius 1 is 1.32 bits per heavy atom. The number of carbonyl (C=O) groups is 2. The third kappa shape index (κ3) is 4.70. The van der Waals surface area contributed by atoms with E-state index in [9.17, 15) is 9.59 Å². The van der Waals surface area contributed by atoms with Crippen LogP contribution in [0.25, 0.3) is 0 Å². The van der Waals surface area contributed by atoms with E-state index in [0.29, 0.717) is 16.7 Å². The fourth-order valence-electron chi connectivity index (χ4n) is 2.34. The highest BCUT2D eigenvalue weighted by molar-refractivity contribution is 7.14. The Morgan fingerprint density at radius 3 is 2.88 bits per heavy atom. The van der Waals surface area contributed by atoms with Gasteiger partial charge in [-0.2, -0.15) is 4.98 Å². The van der Waals surface area contributed by atoms with Gasteiger partial charge in [0.1, 0.15) is 23.8 Å². The number of piperidine rings is 1. The monoisotopic (exact) mass is 362 g/mol. The molecule has 2 aromatic heterocycles. The van der Waals surface area contributed by atoms with Crippen molar-refractivity contribution in [3.63, 3.8) is 0 Å². The molecule has 0 aliphatic carbocycles. The summed E-state index contributed by atoms with van der Waals surface area (Å²) in [4.78, 5) is 35.5. The van der Waals surface area contributed by atoms with Gasteiger partial charge in [0.2, 0.25) is 11.8 Å². The Balaban J connectivity index is 1.68. The van der Waals surface area contributed by atoms with Gasteiger partial charge in [-0.1, -0.05) is 0 Å². The lowest BCUT2D eigenvalue weighted by atomic mass is 10.1. The zero-order chi connectivity index (χ0) is 17.6. The Kier molecular flexibility index (Phi) is 5.51. The van der Waals surface area contributed by atoms with Crippen molar-refractivity contribution in [1.29, 1.82) is 0 Å². The lowest BCUT2D eigenvalue weighted by Crippen LogP contribution is -2.34. The van der Waals surface area contributed by atoms with Gasteiger partial charge >= 0.3 is 0 Å². The summed E-state index contributed by atoms with van der Waals surface area (Å²) in [5, 5.41) is 10.5. The summed E-state index contributed by atoms with van der Waals surface area (Å²) in [5.41, 5.74) is 0.588. The van der Waals surface area contributed by atoms with Crippen LogP contribution in [0.3, 0.4) is 0 Å². The van der Waals surface area contributed by atoms with Gasteiger partial charge in [0.05, 0.1) is 6.20 Å². The summed E-state index contributed by atoms with van der Waals surface area (Å²) in [6, 6.07) is 0. The molecular formula is C15H18N6O3S. The van der Waals surface area contributed by atoms with Crippen LogP contribution >= 0.6 is 11.3 Å². The van der Waals surface area contributed by atoms with Crippen molar-refractivity contribution >= 4 is 34.0 Å². The maximum absolute atomic E-state index is 12.4. The molecule has 1 aliphatic rings. The van der Waals surface area contributed by atoms with Gasteiger partial charge in [-0.15, -0.1) is 11.3 Å². The summed E-state index contributed by atoms with van der Waals surface area (Å²) in [6.07, 6.45) is 4.68. The number of aromatic nitrogens is 3. The predicted molar refractivity (Wildman–Crippen MR) is 92.9 cm³/mol. The van der Waals surface area contributed by atoms with Gasteiger partial charge in [0.15, 0.2) is 5.13 Å². The van der Waals surface area contributed by atoms with E-state index in [2.05, 4.69) is 30.9 Å². The molecule has 25 heavy (non-hydrogen) atoms. The molecule has 2 amide bonds. The summed E-state index contributed by atoms with van der Waals surface area (Å²) >= 11 is 1.18. The van der Waals surface area contributed by atoms with Crippen LogP contribution in [0, 0.1) is 0 Å². The molecule has 1 saturated heterocycles. The number of anilines is 2. The molecule has 9 nitrogen and oxygen atoms in total. The largest absolute Gasteiger partial charge is 0.473 e. The quantitative estimate of drug-likeness (QED) is 0.733. The van der Waals surface area contributed by atoms with Crippen molar-refractivity contribution in [3.05, 3.63) is 23.6 Å². The second kappa shape index (κ2) is 7.99. The number of hydrogen-bond acceptors (Lipinski definition) is 8. The van der Waals surface area contributed by atoms with Crippen LogP contribution < -0.4 is 20.7 Å². The van der Waals surface area contributed by atoms with Gasteiger partial charge in [0, 0.05) is 12.3 Å². The second-order valence-corrected chi connectivity index (χ2v) is 6.34. The van der Waals surface area contributed by atoms with Crippen LogP contribution in [0.5, 0.6) is 5.88 Å². The number of thiazole rings is 1. The number of hydrogen-bond donors (Lipinski definition) is 3. The van der Waals surface area contributed by atoms with Gasteiger partial charge in [-0.3, -0.25) is 9.59 Å². The zero-order valence-electron chi connectivity index (χ0n) is 13.6. The van der Waals surface area contributed by atoms with Crippen LogP contribution in [0.4, 0.5) is 10.8 Å². The summed E-state index contributed by atoms with van der Waals surface area (Å²) < 4.78 is 5.90. The first-order valence-electron chi connectivity index (χ1n) is 7.83. The molecule has 0 unspecified atom stereocenters. The van der Waals surface area contributed by atoms with Crippen molar-refractivity contribution in [2.75, 3.05) is 23.7 Å². The molecule has 3 heterocycles. The molecule has 3 rings (SSSR count). The molecule has 0 saturated carbocycles. The van der Waals surface area contributed by atoms with Crippen molar-refractivity contribution in [2.24, 2.45) is 0 Å². The third-order valence-corrected chi connectivity index (χ3v) is 4.27. The van der Waals surface area contributed by atoms with E-state index in [1.807, 2.05) is 0 Å². The summed E-state index contributed by atoms with van der Waals surface area (Å²) in [7, 11) is 0. The molecular weight excluding hydrogens is 344 g/mol. The van der Waals surface area contributed by atoms with Crippen molar-refractivity contribution in [2.45, 2.75) is 25.9 Å². The Hall–Kier alpha value is -2.59. The SMILES string of the molecule is CC(=O)Nc1nc(C(=O)Nc2cncnc2OC2CCNCC2)cs1. The number of nitrogens with one attached hydrogen (secondary N) is 3. The highest BCUT2D eigenvalue weighted by atomic mass is 32.1. The fraction of sp³-hybridized carbons (Fsp3) is 0.400. The van der Waals surface area contributed by atoms with E-state index in [1.54, 1.807) is 5.38 Å². The zero-order valence-corrected chi connectivity index (χ0v) is 14.4. The maximum atomic E-state index is 12.4. The van der Waals surface area contributed by atoms with Gasteiger partial charge in [0.25, 0.3) is 5.91 Å². The van der Waals surface area contributed by atoms with Crippen molar-refractivity contribution < 1.29 is 14.3 Å². The van der Waals surface area contributed by atoms with Gasteiger partial charge in [-0.25, -0.2) is 9.97 Å². The molecule has 0 atom stereocenters. The lowest BCUT2D eigenvalue weighted by Gasteiger charge is -2.24. The average Bonchev–Trinajstić information content (AvgIpc) is 3.05. The number of carbonyl (C=O) groups excluding carboxylic acids is 2. The average molecular weight is 362 g/mol. The van der Waals surface area contributed by atoms with E-state index in [-0.39, 0.29) is 17.7 Å². The fourth-order valence-corrected chi connectivity index (χ4v) is 3.08. The minimum atomic E-state index is -0.419. The van der Waals surface area contributed by atoms with E-state index in [4.69, 9.17) is 4.74 Å². The third-order valence-electron chi connectivity index (χ3n) is 3.51. The first-order chi connectivity index (χ1) is 12.1. The van der Waals surface area contributed by atoms with E-state index in [1.165, 1.54) is 30.8 Å². The number of ether oxygens (including phenoxy) is 1. The smallest absolute Gasteiger partial charge is 0.275 e. The van der Waals surface area contributed by atoms with Crippen LogP contribution in [-0.2, 0) is 4.79 Å². The molecule has 1 fully saturated rings. The molecule has 1 aliphatic heterocycles. The molecule has 0 radical (unpaired) electrons.